The lowest BCUT2D eigenvalue weighted by Gasteiger charge is -2.26. The van der Waals surface area contributed by atoms with E-state index in [0.29, 0.717) is 11.8 Å². The maximum absolute atomic E-state index is 6.80. The fourth-order valence-corrected chi connectivity index (χ4v) is 9.77. The van der Waals surface area contributed by atoms with Gasteiger partial charge in [0.25, 0.3) is 0 Å². The van der Waals surface area contributed by atoms with Gasteiger partial charge in [0.15, 0.2) is 34.2 Å². The zero-order chi connectivity index (χ0) is 44.2. The van der Waals surface area contributed by atoms with Crippen molar-refractivity contribution in [1.29, 1.82) is 0 Å². The van der Waals surface area contributed by atoms with E-state index in [9.17, 15) is 0 Å². The van der Waals surface area contributed by atoms with E-state index < -0.39 is 0 Å². The summed E-state index contributed by atoms with van der Waals surface area (Å²) in [5.41, 5.74) is 11.8. The standard InChI is InChI=1S/C58H44N2O6/c1-33(2)35-5-11-41(12-6-35)59(45-17-21-51-55(29-45)63-31-61-51)43-15-9-37-25-49-47-19-20-48-50-26-38-10-16-44(24-40(38)28-54(50)66-58(48)57(47)65-53(49)27-39(37)23-43)60(42-13-7-36(8-14-42)34(3)4)46-18-22-52-56(30-46)64-32-62-52/h5-30,33-34H,31-32H2,1-4H3. The zero-order valence-corrected chi connectivity index (χ0v) is 36.9. The molecule has 0 unspecified atom stereocenters. The topological polar surface area (TPSA) is 69.7 Å². The number of rotatable bonds is 8. The highest BCUT2D eigenvalue weighted by Crippen LogP contribution is 2.46. The molecular formula is C58H44N2O6. The molecule has 0 fully saturated rings. The minimum Gasteiger partial charge on any atom is -0.454 e. The molecule has 0 atom stereocenters. The van der Waals surface area contributed by atoms with Crippen LogP contribution in [0.4, 0.5) is 34.1 Å². The van der Waals surface area contributed by atoms with Crippen LogP contribution < -0.4 is 28.7 Å². The fourth-order valence-electron chi connectivity index (χ4n) is 9.77. The first-order valence-corrected chi connectivity index (χ1v) is 22.6. The smallest absolute Gasteiger partial charge is 0.231 e. The Kier molecular flexibility index (Phi) is 8.56. The number of fused-ring (bicyclic) bond motifs is 11. The summed E-state index contributed by atoms with van der Waals surface area (Å²) < 4.78 is 36.5. The van der Waals surface area contributed by atoms with E-state index in [-0.39, 0.29) is 13.6 Å². The number of furan rings is 2. The minimum atomic E-state index is 0.223. The molecule has 66 heavy (non-hydrogen) atoms. The van der Waals surface area contributed by atoms with E-state index >= 15 is 0 Å². The number of benzene rings is 9. The van der Waals surface area contributed by atoms with Crippen LogP contribution in [0.15, 0.2) is 167 Å². The number of ether oxygens (including phenoxy) is 4. The zero-order valence-electron chi connectivity index (χ0n) is 36.9. The first-order valence-electron chi connectivity index (χ1n) is 22.6. The third-order valence-corrected chi connectivity index (χ3v) is 13.3. The van der Waals surface area contributed by atoms with Crippen LogP contribution in [-0.2, 0) is 0 Å². The molecular weight excluding hydrogens is 821 g/mol. The lowest BCUT2D eigenvalue weighted by molar-refractivity contribution is 0.173. The molecule has 0 amide bonds. The molecule has 11 aromatic rings. The summed E-state index contributed by atoms with van der Waals surface area (Å²) in [4.78, 5) is 4.52. The first-order chi connectivity index (χ1) is 32.3. The first kappa shape index (κ1) is 38.4. The Hall–Kier alpha value is -8.10. The van der Waals surface area contributed by atoms with Gasteiger partial charge in [-0.05, 0) is 154 Å². The predicted octanol–water partition coefficient (Wildman–Crippen LogP) is 16.4. The molecule has 0 radical (unpaired) electrons. The maximum atomic E-state index is 6.80. The van der Waals surface area contributed by atoms with E-state index in [1.807, 2.05) is 24.3 Å². The Morgan fingerprint density at radius 1 is 0.333 bits per heavy atom. The number of anilines is 6. The second kappa shape index (κ2) is 14.7. The second-order valence-electron chi connectivity index (χ2n) is 18.0. The summed E-state index contributed by atoms with van der Waals surface area (Å²) >= 11 is 0. The van der Waals surface area contributed by atoms with Gasteiger partial charge in [0.05, 0.1) is 11.4 Å². The molecule has 0 aliphatic carbocycles. The highest BCUT2D eigenvalue weighted by Gasteiger charge is 2.23. The third kappa shape index (κ3) is 6.20. The quantitative estimate of drug-likeness (QED) is 0.150. The van der Waals surface area contributed by atoms with Gasteiger partial charge in [0, 0.05) is 56.4 Å². The van der Waals surface area contributed by atoms with Gasteiger partial charge in [-0.15, -0.1) is 0 Å². The van der Waals surface area contributed by atoms with E-state index in [1.54, 1.807) is 0 Å². The van der Waals surface area contributed by atoms with Gasteiger partial charge in [-0.3, -0.25) is 0 Å². The van der Waals surface area contributed by atoms with Crippen molar-refractivity contribution in [3.63, 3.8) is 0 Å². The normalized spacial score (nSPS) is 13.2. The minimum absolute atomic E-state index is 0.223. The van der Waals surface area contributed by atoms with Gasteiger partial charge in [0.2, 0.25) is 13.6 Å². The highest BCUT2D eigenvalue weighted by molar-refractivity contribution is 6.21. The van der Waals surface area contributed by atoms with Crippen molar-refractivity contribution in [2.75, 3.05) is 23.4 Å². The average Bonchev–Trinajstić information content (AvgIpc) is 4.15. The summed E-state index contributed by atoms with van der Waals surface area (Å²) in [7, 11) is 0. The van der Waals surface area contributed by atoms with Crippen molar-refractivity contribution in [1.82, 2.24) is 0 Å². The molecule has 4 heterocycles. The SMILES string of the molecule is CC(C)c1ccc(N(c2ccc3c(c2)OCO3)c2ccc3cc4c(cc3c2)oc2c4ccc3c4cc5ccc(N(c6ccc(C(C)C)cc6)c6ccc7c(c6)OCO7)cc5cc4oc32)cc1. The summed E-state index contributed by atoms with van der Waals surface area (Å²) in [6, 6.07) is 56.1. The van der Waals surface area contributed by atoms with Gasteiger partial charge < -0.3 is 37.6 Å². The van der Waals surface area contributed by atoms with E-state index in [4.69, 9.17) is 27.8 Å². The Morgan fingerprint density at radius 2 is 0.712 bits per heavy atom. The highest BCUT2D eigenvalue weighted by atomic mass is 16.7. The number of nitrogens with zero attached hydrogens (tertiary/aromatic N) is 2. The predicted molar refractivity (Wildman–Crippen MR) is 266 cm³/mol. The third-order valence-electron chi connectivity index (χ3n) is 13.3. The van der Waals surface area contributed by atoms with Crippen LogP contribution in [0.1, 0.15) is 50.7 Å². The number of hydrogen-bond donors (Lipinski definition) is 0. The Balaban J connectivity index is 0.904. The molecule has 13 rings (SSSR count). The van der Waals surface area contributed by atoms with Gasteiger partial charge in [-0.2, -0.15) is 0 Å². The lowest BCUT2D eigenvalue weighted by atomic mass is 10.0. The van der Waals surface area contributed by atoms with Crippen molar-refractivity contribution in [3.8, 4) is 23.0 Å². The molecule has 9 aromatic carbocycles. The average molecular weight is 865 g/mol. The molecule has 8 heteroatoms. The van der Waals surface area contributed by atoms with Gasteiger partial charge in [0.1, 0.15) is 11.2 Å². The van der Waals surface area contributed by atoms with Crippen molar-refractivity contribution in [2.45, 2.75) is 39.5 Å². The lowest BCUT2D eigenvalue weighted by Crippen LogP contribution is -2.10. The Labute approximate surface area is 380 Å². The largest absolute Gasteiger partial charge is 0.454 e. The molecule has 0 bridgehead atoms. The number of hydrogen-bond acceptors (Lipinski definition) is 8. The van der Waals surface area contributed by atoms with E-state index in [0.717, 1.165) is 123 Å². The van der Waals surface area contributed by atoms with Crippen LogP contribution in [0.25, 0.3) is 65.4 Å². The molecule has 8 nitrogen and oxygen atoms in total. The molecule has 0 saturated heterocycles. The van der Waals surface area contributed by atoms with Crippen molar-refractivity contribution in [2.24, 2.45) is 0 Å². The van der Waals surface area contributed by atoms with Crippen LogP contribution in [0.2, 0.25) is 0 Å². The van der Waals surface area contributed by atoms with Gasteiger partial charge in [-0.25, -0.2) is 0 Å². The van der Waals surface area contributed by atoms with Crippen molar-refractivity contribution < 1.29 is 27.8 Å². The molecule has 322 valence electrons. The van der Waals surface area contributed by atoms with Crippen LogP contribution >= 0.6 is 0 Å². The van der Waals surface area contributed by atoms with Gasteiger partial charge >= 0.3 is 0 Å². The van der Waals surface area contributed by atoms with Crippen LogP contribution in [0, 0.1) is 0 Å². The molecule has 0 N–H and O–H groups in total. The second-order valence-corrected chi connectivity index (χ2v) is 18.0. The summed E-state index contributed by atoms with van der Waals surface area (Å²) in [6.07, 6.45) is 0. The fraction of sp³-hybridized carbons (Fsp3) is 0.138. The van der Waals surface area contributed by atoms with E-state index in [2.05, 4.69) is 171 Å². The van der Waals surface area contributed by atoms with Gasteiger partial charge in [-0.1, -0.05) is 64.1 Å². The molecule has 0 spiro atoms. The molecule has 0 saturated carbocycles. The van der Waals surface area contributed by atoms with Crippen LogP contribution in [-0.4, -0.2) is 13.6 Å². The molecule has 2 aromatic heterocycles. The maximum Gasteiger partial charge on any atom is 0.231 e. The van der Waals surface area contributed by atoms with Crippen molar-refractivity contribution in [3.05, 3.63) is 169 Å². The van der Waals surface area contributed by atoms with Crippen molar-refractivity contribution >= 4 is 99.5 Å². The Bertz CT molecular complexity index is 3490. The summed E-state index contributed by atoms with van der Waals surface area (Å²) in [6.45, 7) is 9.31. The van der Waals surface area contributed by atoms with Crippen LogP contribution in [0.5, 0.6) is 23.0 Å². The summed E-state index contributed by atoms with van der Waals surface area (Å²) in [5.74, 6) is 3.85. The molecule has 2 aliphatic rings. The monoisotopic (exact) mass is 864 g/mol. The molecule has 2 aliphatic heterocycles. The van der Waals surface area contributed by atoms with Crippen LogP contribution in [0.3, 0.4) is 0 Å². The Morgan fingerprint density at radius 3 is 1.14 bits per heavy atom. The summed E-state index contributed by atoms with van der Waals surface area (Å²) in [5, 5.41) is 8.50. The van der Waals surface area contributed by atoms with E-state index in [1.165, 1.54) is 11.1 Å².